The molecule has 0 aliphatic carbocycles. The largest absolute Gasteiger partial charge is 0.394 e. The molecular formula is C48H97NO3. The summed E-state index contributed by atoms with van der Waals surface area (Å²) in [5.74, 6) is -0.0241. The average molecular weight is 736 g/mol. The second-order valence-corrected chi connectivity index (χ2v) is 16.9. The lowest BCUT2D eigenvalue weighted by Gasteiger charge is -2.22. The van der Waals surface area contributed by atoms with Crippen molar-refractivity contribution in [3.05, 3.63) is 0 Å². The van der Waals surface area contributed by atoms with Crippen LogP contribution in [0.3, 0.4) is 0 Å². The maximum absolute atomic E-state index is 12.4. The molecule has 2 unspecified atom stereocenters. The Bertz CT molecular complexity index is 670. The second-order valence-electron chi connectivity index (χ2n) is 16.9. The van der Waals surface area contributed by atoms with Gasteiger partial charge in [0.25, 0.3) is 0 Å². The Balaban J connectivity index is 3.43. The van der Waals surface area contributed by atoms with Crippen molar-refractivity contribution in [3.8, 4) is 0 Å². The lowest BCUT2D eigenvalue weighted by Crippen LogP contribution is -2.45. The Morgan fingerprint density at radius 3 is 0.865 bits per heavy atom. The Morgan fingerprint density at radius 1 is 0.385 bits per heavy atom. The summed E-state index contributed by atoms with van der Waals surface area (Å²) in [4.78, 5) is 12.4. The van der Waals surface area contributed by atoms with E-state index in [9.17, 15) is 15.0 Å². The Labute approximate surface area is 327 Å². The van der Waals surface area contributed by atoms with E-state index < -0.39 is 12.1 Å². The fourth-order valence-corrected chi connectivity index (χ4v) is 7.89. The number of aliphatic hydroxyl groups is 2. The highest BCUT2D eigenvalue weighted by atomic mass is 16.3. The quantitative estimate of drug-likeness (QED) is 0.0545. The van der Waals surface area contributed by atoms with Gasteiger partial charge in [-0.25, -0.2) is 0 Å². The molecular weight excluding hydrogens is 639 g/mol. The van der Waals surface area contributed by atoms with Crippen molar-refractivity contribution in [2.75, 3.05) is 6.61 Å². The van der Waals surface area contributed by atoms with Gasteiger partial charge in [-0.3, -0.25) is 4.79 Å². The van der Waals surface area contributed by atoms with Gasteiger partial charge in [0.15, 0.2) is 0 Å². The van der Waals surface area contributed by atoms with Crippen molar-refractivity contribution in [3.63, 3.8) is 0 Å². The zero-order chi connectivity index (χ0) is 37.8. The van der Waals surface area contributed by atoms with E-state index in [1.807, 2.05) is 0 Å². The van der Waals surface area contributed by atoms with E-state index in [0.29, 0.717) is 12.8 Å². The monoisotopic (exact) mass is 736 g/mol. The third-order valence-electron chi connectivity index (χ3n) is 11.6. The van der Waals surface area contributed by atoms with Crippen LogP contribution in [-0.4, -0.2) is 34.9 Å². The van der Waals surface area contributed by atoms with Crippen LogP contribution in [0.4, 0.5) is 0 Å². The first-order chi connectivity index (χ1) is 25.7. The summed E-state index contributed by atoms with van der Waals surface area (Å²) in [6.45, 7) is 4.39. The molecule has 0 aliphatic rings. The predicted molar refractivity (Wildman–Crippen MR) is 230 cm³/mol. The molecule has 52 heavy (non-hydrogen) atoms. The first-order valence-corrected chi connectivity index (χ1v) is 24.2. The number of amides is 1. The van der Waals surface area contributed by atoms with Gasteiger partial charge in [0.1, 0.15) is 0 Å². The maximum Gasteiger partial charge on any atom is 0.220 e. The fourth-order valence-electron chi connectivity index (χ4n) is 7.89. The topological polar surface area (TPSA) is 69.6 Å². The van der Waals surface area contributed by atoms with Gasteiger partial charge < -0.3 is 15.5 Å². The Kier molecular flexibility index (Phi) is 44.3. The molecule has 0 bridgehead atoms. The normalized spacial score (nSPS) is 12.8. The van der Waals surface area contributed by atoms with Crippen LogP contribution in [0.15, 0.2) is 0 Å². The van der Waals surface area contributed by atoms with E-state index in [0.717, 1.165) is 25.7 Å². The number of carbonyl (C=O) groups is 1. The van der Waals surface area contributed by atoms with Crippen molar-refractivity contribution in [2.45, 2.75) is 296 Å². The first-order valence-electron chi connectivity index (χ1n) is 24.2. The van der Waals surface area contributed by atoms with E-state index in [1.54, 1.807) is 0 Å². The van der Waals surface area contributed by atoms with Crippen LogP contribution in [0.5, 0.6) is 0 Å². The van der Waals surface area contributed by atoms with Gasteiger partial charge in [0, 0.05) is 6.42 Å². The van der Waals surface area contributed by atoms with Crippen LogP contribution in [0.25, 0.3) is 0 Å². The SMILES string of the molecule is CCCCCCCCCCCCCCCCCCCCCCCCCC(=O)NC(CO)C(O)CCCCCCCCCCCCCCCCCCC. The molecule has 4 heteroatoms. The molecule has 3 N–H and O–H groups in total. The molecule has 0 saturated heterocycles. The fraction of sp³-hybridized carbons (Fsp3) is 0.979. The van der Waals surface area contributed by atoms with Gasteiger partial charge in [0.05, 0.1) is 18.8 Å². The molecule has 312 valence electrons. The van der Waals surface area contributed by atoms with Crippen LogP contribution in [0.2, 0.25) is 0 Å². The van der Waals surface area contributed by atoms with Gasteiger partial charge in [0.2, 0.25) is 5.91 Å². The van der Waals surface area contributed by atoms with Crippen LogP contribution < -0.4 is 5.32 Å². The highest BCUT2D eigenvalue weighted by molar-refractivity contribution is 5.76. The van der Waals surface area contributed by atoms with Gasteiger partial charge in [-0.05, 0) is 12.8 Å². The molecule has 0 heterocycles. The molecule has 1 amide bonds. The highest BCUT2D eigenvalue weighted by Gasteiger charge is 2.20. The summed E-state index contributed by atoms with van der Waals surface area (Å²) >= 11 is 0. The van der Waals surface area contributed by atoms with Crippen molar-refractivity contribution >= 4 is 5.91 Å². The first kappa shape index (κ1) is 51.4. The molecule has 0 aromatic rings. The number of unbranched alkanes of at least 4 members (excludes halogenated alkanes) is 38. The maximum atomic E-state index is 12.4. The number of hydrogen-bond acceptors (Lipinski definition) is 3. The van der Waals surface area contributed by atoms with E-state index in [1.165, 1.54) is 231 Å². The molecule has 0 aromatic heterocycles. The zero-order valence-electron chi connectivity index (χ0n) is 35.9. The molecule has 0 fully saturated rings. The average Bonchev–Trinajstić information content (AvgIpc) is 3.15. The summed E-state index contributed by atoms with van der Waals surface area (Å²) in [6.07, 6.45) is 54.8. The summed E-state index contributed by atoms with van der Waals surface area (Å²) in [7, 11) is 0. The van der Waals surface area contributed by atoms with E-state index in [2.05, 4.69) is 19.2 Å². The Hall–Kier alpha value is -0.610. The van der Waals surface area contributed by atoms with E-state index >= 15 is 0 Å². The van der Waals surface area contributed by atoms with Gasteiger partial charge in [-0.1, -0.05) is 264 Å². The van der Waals surface area contributed by atoms with E-state index in [4.69, 9.17) is 0 Å². The van der Waals surface area contributed by atoms with Gasteiger partial charge in [-0.2, -0.15) is 0 Å². The molecule has 0 aliphatic heterocycles. The minimum Gasteiger partial charge on any atom is -0.394 e. The second kappa shape index (κ2) is 44.8. The minimum absolute atomic E-state index is 0.0241. The van der Waals surface area contributed by atoms with Crippen molar-refractivity contribution in [1.82, 2.24) is 5.32 Å². The third kappa shape index (κ3) is 40.6. The van der Waals surface area contributed by atoms with Crippen LogP contribution in [0.1, 0.15) is 284 Å². The molecule has 2 atom stereocenters. The van der Waals surface area contributed by atoms with Crippen LogP contribution in [0, 0.1) is 0 Å². The molecule has 0 rings (SSSR count). The molecule has 0 saturated carbocycles. The summed E-state index contributed by atoms with van der Waals surface area (Å²) < 4.78 is 0. The standard InChI is InChI=1S/C48H97NO3/c1-3-5-7-9-11-13-15-17-19-21-22-23-24-25-26-28-30-32-34-36-38-40-42-44-48(52)49-46(45-50)47(51)43-41-39-37-35-33-31-29-27-20-18-16-14-12-10-8-6-4-2/h46-47,50-51H,3-45H2,1-2H3,(H,49,52). The smallest absolute Gasteiger partial charge is 0.220 e. The predicted octanol–water partition coefficient (Wildman–Crippen LogP) is 15.2. The number of aliphatic hydroxyl groups excluding tert-OH is 2. The van der Waals surface area contributed by atoms with Gasteiger partial charge in [-0.15, -0.1) is 0 Å². The summed E-state index contributed by atoms with van der Waals surface area (Å²) in [6, 6.07) is -0.530. The van der Waals surface area contributed by atoms with Gasteiger partial charge >= 0.3 is 0 Å². The molecule has 0 radical (unpaired) electrons. The third-order valence-corrected chi connectivity index (χ3v) is 11.6. The van der Waals surface area contributed by atoms with Crippen molar-refractivity contribution in [1.29, 1.82) is 0 Å². The summed E-state index contributed by atoms with van der Waals surface area (Å²) in [5, 5.41) is 23.2. The van der Waals surface area contributed by atoms with Crippen LogP contribution >= 0.6 is 0 Å². The number of nitrogens with one attached hydrogen (secondary N) is 1. The van der Waals surface area contributed by atoms with E-state index in [-0.39, 0.29) is 12.5 Å². The molecule has 0 aromatic carbocycles. The number of rotatable bonds is 45. The molecule has 4 nitrogen and oxygen atoms in total. The number of hydrogen-bond donors (Lipinski definition) is 3. The Morgan fingerprint density at radius 2 is 0.615 bits per heavy atom. The summed E-state index contributed by atoms with van der Waals surface area (Å²) in [5.41, 5.74) is 0. The lowest BCUT2D eigenvalue weighted by atomic mass is 10.0. The number of carbonyl (C=O) groups excluding carboxylic acids is 1. The molecule has 0 spiro atoms. The van der Waals surface area contributed by atoms with Crippen LogP contribution in [-0.2, 0) is 4.79 Å². The minimum atomic E-state index is -0.653. The lowest BCUT2D eigenvalue weighted by molar-refractivity contribution is -0.123. The highest BCUT2D eigenvalue weighted by Crippen LogP contribution is 2.17. The van der Waals surface area contributed by atoms with Crippen molar-refractivity contribution in [2.24, 2.45) is 0 Å². The van der Waals surface area contributed by atoms with Crippen molar-refractivity contribution < 1.29 is 15.0 Å². The zero-order valence-corrected chi connectivity index (χ0v) is 35.9.